The summed E-state index contributed by atoms with van der Waals surface area (Å²) < 4.78 is 29.8. The lowest BCUT2D eigenvalue weighted by atomic mass is 9.74. The first-order valence-electron chi connectivity index (χ1n) is 10.7. The van der Waals surface area contributed by atoms with Gasteiger partial charge in [0.2, 0.25) is 0 Å². The largest absolute Gasteiger partial charge is 0.489 e. The van der Waals surface area contributed by atoms with Crippen molar-refractivity contribution in [3.05, 3.63) is 86.6 Å². The topological polar surface area (TPSA) is 43.4 Å². The van der Waals surface area contributed by atoms with Gasteiger partial charge in [0.1, 0.15) is 12.4 Å². The van der Waals surface area contributed by atoms with Gasteiger partial charge in [-0.25, -0.2) is 8.42 Å². The number of rotatable bonds is 9. The zero-order valence-electron chi connectivity index (χ0n) is 19.1. The van der Waals surface area contributed by atoms with Crippen molar-refractivity contribution in [2.24, 2.45) is 0 Å². The summed E-state index contributed by atoms with van der Waals surface area (Å²) in [6.45, 7) is 9.08. The van der Waals surface area contributed by atoms with Crippen molar-refractivity contribution in [3.63, 3.8) is 0 Å². The van der Waals surface area contributed by atoms with Gasteiger partial charge >= 0.3 is 0 Å². The van der Waals surface area contributed by atoms with Gasteiger partial charge in [-0.2, -0.15) is 0 Å². The monoisotopic (exact) mass is 456 g/mol. The summed E-state index contributed by atoms with van der Waals surface area (Å²) in [5, 5.41) is 0. The SMILES string of the molecule is CCC(CC)(c1ccc(OCc2ccccc2)c(C)c1)c1cc(C)c(CS(C)(=O)=O)s1. The second-order valence-corrected chi connectivity index (χ2v) is 11.6. The first-order chi connectivity index (χ1) is 14.7. The molecule has 0 spiro atoms. The third-order valence-electron chi connectivity index (χ3n) is 6.06. The fraction of sp³-hybridized carbons (Fsp3) is 0.385. The predicted octanol–water partition coefficient (Wildman–Crippen LogP) is 6.59. The minimum absolute atomic E-state index is 0.109. The van der Waals surface area contributed by atoms with Gasteiger partial charge in [0.15, 0.2) is 9.84 Å². The molecule has 0 aliphatic rings. The molecule has 0 aliphatic heterocycles. The Bertz CT molecular complexity index is 1120. The molecule has 0 amide bonds. The van der Waals surface area contributed by atoms with Gasteiger partial charge in [0, 0.05) is 21.4 Å². The van der Waals surface area contributed by atoms with Crippen molar-refractivity contribution in [2.75, 3.05) is 6.26 Å². The van der Waals surface area contributed by atoms with Crippen LogP contribution < -0.4 is 4.74 Å². The predicted molar refractivity (Wildman–Crippen MR) is 131 cm³/mol. The van der Waals surface area contributed by atoms with Crippen LogP contribution in [0, 0.1) is 13.8 Å². The molecule has 5 heteroatoms. The molecule has 1 heterocycles. The van der Waals surface area contributed by atoms with Crippen LogP contribution in [0.3, 0.4) is 0 Å². The summed E-state index contributed by atoms with van der Waals surface area (Å²) in [6.07, 6.45) is 3.20. The first-order valence-corrected chi connectivity index (χ1v) is 13.6. The fourth-order valence-electron chi connectivity index (χ4n) is 4.13. The third-order valence-corrected chi connectivity index (χ3v) is 8.49. The van der Waals surface area contributed by atoms with Gasteiger partial charge in [-0.05, 0) is 61.1 Å². The number of hydrogen-bond donors (Lipinski definition) is 0. The van der Waals surface area contributed by atoms with Crippen LogP contribution in [0.2, 0.25) is 0 Å². The van der Waals surface area contributed by atoms with E-state index in [1.807, 2.05) is 25.1 Å². The van der Waals surface area contributed by atoms with Crippen molar-refractivity contribution >= 4 is 21.2 Å². The van der Waals surface area contributed by atoms with E-state index in [9.17, 15) is 8.42 Å². The van der Waals surface area contributed by atoms with Crippen LogP contribution in [0.15, 0.2) is 54.6 Å². The summed E-state index contributed by atoms with van der Waals surface area (Å²) in [6, 6.07) is 18.8. The molecule has 0 bridgehead atoms. The second kappa shape index (κ2) is 9.58. The molecule has 2 aromatic carbocycles. The van der Waals surface area contributed by atoms with Crippen molar-refractivity contribution in [2.45, 2.75) is 58.3 Å². The molecule has 3 nitrogen and oxygen atoms in total. The lowest BCUT2D eigenvalue weighted by Gasteiger charge is -2.32. The highest BCUT2D eigenvalue weighted by Gasteiger charge is 2.33. The van der Waals surface area contributed by atoms with Crippen molar-refractivity contribution in [3.8, 4) is 5.75 Å². The van der Waals surface area contributed by atoms with E-state index in [-0.39, 0.29) is 11.2 Å². The lowest BCUT2D eigenvalue weighted by Crippen LogP contribution is -2.25. The summed E-state index contributed by atoms with van der Waals surface area (Å²) in [5.41, 5.74) is 4.46. The molecule has 0 unspecified atom stereocenters. The smallest absolute Gasteiger partial charge is 0.152 e. The van der Waals surface area contributed by atoms with Crippen LogP contribution in [-0.2, 0) is 27.6 Å². The Hall–Kier alpha value is -2.11. The summed E-state index contributed by atoms with van der Waals surface area (Å²) in [5.74, 6) is 1.01. The molecule has 0 saturated carbocycles. The highest BCUT2D eigenvalue weighted by molar-refractivity contribution is 7.90. The Labute approximate surface area is 191 Å². The van der Waals surface area contributed by atoms with Crippen molar-refractivity contribution in [1.29, 1.82) is 0 Å². The molecule has 166 valence electrons. The van der Waals surface area contributed by atoms with Gasteiger partial charge in [-0.15, -0.1) is 11.3 Å². The average molecular weight is 457 g/mol. The van der Waals surface area contributed by atoms with E-state index in [1.165, 1.54) is 16.7 Å². The maximum absolute atomic E-state index is 11.9. The van der Waals surface area contributed by atoms with Crippen molar-refractivity contribution < 1.29 is 13.2 Å². The minimum Gasteiger partial charge on any atom is -0.489 e. The number of hydrogen-bond acceptors (Lipinski definition) is 4. The molecular weight excluding hydrogens is 424 g/mol. The normalized spacial score (nSPS) is 12.2. The molecule has 31 heavy (non-hydrogen) atoms. The second-order valence-electron chi connectivity index (χ2n) is 8.33. The van der Waals surface area contributed by atoms with Gasteiger partial charge in [0.25, 0.3) is 0 Å². The van der Waals surface area contributed by atoms with E-state index in [0.29, 0.717) is 6.61 Å². The zero-order chi connectivity index (χ0) is 22.6. The highest BCUT2D eigenvalue weighted by Crippen LogP contribution is 2.44. The Morgan fingerprint density at radius 3 is 2.19 bits per heavy atom. The van der Waals surface area contributed by atoms with Crippen LogP contribution >= 0.6 is 11.3 Å². The minimum atomic E-state index is -3.06. The number of sulfone groups is 1. The Kier molecular flexibility index (Phi) is 7.28. The summed E-state index contributed by atoms with van der Waals surface area (Å²) >= 11 is 1.64. The van der Waals surface area contributed by atoms with E-state index < -0.39 is 9.84 Å². The van der Waals surface area contributed by atoms with Gasteiger partial charge in [-0.3, -0.25) is 0 Å². The number of aryl methyl sites for hydroxylation is 2. The van der Waals surface area contributed by atoms with Gasteiger partial charge in [-0.1, -0.05) is 56.3 Å². The lowest BCUT2D eigenvalue weighted by molar-refractivity contribution is 0.303. The van der Waals surface area contributed by atoms with E-state index in [2.05, 4.69) is 57.2 Å². The number of benzene rings is 2. The molecule has 1 aromatic heterocycles. The molecule has 3 aromatic rings. The molecule has 0 saturated heterocycles. The van der Waals surface area contributed by atoms with Crippen LogP contribution in [-0.4, -0.2) is 14.7 Å². The van der Waals surface area contributed by atoms with E-state index >= 15 is 0 Å². The maximum Gasteiger partial charge on any atom is 0.152 e. The average Bonchev–Trinajstić information content (AvgIpc) is 3.08. The molecule has 0 atom stereocenters. The van der Waals surface area contributed by atoms with E-state index in [0.717, 1.165) is 40.2 Å². The molecular formula is C26H32O3S2. The first kappa shape index (κ1) is 23.6. The summed E-state index contributed by atoms with van der Waals surface area (Å²) in [4.78, 5) is 2.19. The number of thiophene rings is 1. The Balaban J connectivity index is 1.92. The standard InChI is InChI=1S/C26H32O3S2/c1-6-26(7-2,25-16-20(4)24(30-25)18-31(5,27)28)22-13-14-23(19(3)15-22)29-17-21-11-9-8-10-12-21/h8-16H,6-7,17-18H2,1-5H3. The number of ether oxygens (including phenoxy) is 1. The van der Waals surface area contributed by atoms with E-state index in [1.54, 1.807) is 11.3 Å². The highest BCUT2D eigenvalue weighted by atomic mass is 32.2. The molecule has 0 N–H and O–H groups in total. The van der Waals surface area contributed by atoms with Crippen LogP contribution in [0.1, 0.15) is 58.7 Å². The van der Waals surface area contributed by atoms with Crippen LogP contribution in [0.4, 0.5) is 0 Å². The van der Waals surface area contributed by atoms with Crippen LogP contribution in [0.5, 0.6) is 5.75 Å². The third kappa shape index (κ3) is 5.39. The zero-order valence-corrected chi connectivity index (χ0v) is 20.7. The van der Waals surface area contributed by atoms with Crippen LogP contribution in [0.25, 0.3) is 0 Å². The maximum atomic E-state index is 11.9. The molecule has 0 fully saturated rings. The Morgan fingerprint density at radius 1 is 0.935 bits per heavy atom. The Morgan fingerprint density at radius 2 is 1.61 bits per heavy atom. The molecule has 0 aliphatic carbocycles. The van der Waals surface area contributed by atoms with E-state index in [4.69, 9.17) is 4.74 Å². The van der Waals surface area contributed by atoms with Gasteiger partial charge < -0.3 is 4.74 Å². The van der Waals surface area contributed by atoms with Crippen molar-refractivity contribution in [1.82, 2.24) is 0 Å². The van der Waals surface area contributed by atoms with Gasteiger partial charge in [0.05, 0.1) is 5.75 Å². The molecule has 0 radical (unpaired) electrons. The fourth-order valence-corrected chi connectivity index (χ4v) is 7.04. The summed E-state index contributed by atoms with van der Waals surface area (Å²) in [7, 11) is -3.06. The quantitative estimate of drug-likeness (QED) is 0.364. The molecule has 3 rings (SSSR count).